The smallest absolute Gasteiger partial charge is 0.273 e. The van der Waals surface area contributed by atoms with E-state index in [-0.39, 0.29) is 23.5 Å². The molecule has 1 fully saturated rings. The molecule has 0 bridgehead atoms. The van der Waals surface area contributed by atoms with Crippen molar-refractivity contribution in [2.24, 2.45) is 0 Å². The Hall–Kier alpha value is -2.47. The Morgan fingerprint density at radius 3 is 2.54 bits per heavy atom. The number of amides is 1. The first-order valence-electron chi connectivity index (χ1n) is 9.20. The maximum atomic E-state index is 12.6. The lowest BCUT2D eigenvalue weighted by atomic mass is 9.95. The number of rotatable bonds is 5. The molecule has 0 aliphatic heterocycles. The SMILES string of the molecule is CN(C)Cc1ccc(-c2cnc(N)c(C(=O)NC3CCCCC3)n2)cc1. The summed E-state index contributed by atoms with van der Waals surface area (Å²) in [5.74, 6) is -0.0562. The van der Waals surface area contributed by atoms with Crippen LogP contribution >= 0.6 is 0 Å². The van der Waals surface area contributed by atoms with E-state index < -0.39 is 0 Å². The van der Waals surface area contributed by atoms with Crippen molar-refractivity contribution in [3.8, 4) is 11.3 Å². The third kappa shape index (κ3) is 4.58. The van der Waals surface area contributed by atoms with E-state index in [9.17, 15) is 4.79 Å². The lowest BCUT2D eigenvalue weighted by Crippen LogP contribution is -2.37. The summed E-state index contributed by atoms with van der Waals surface area (Å²) in [5, 5.41) is 3.06. The second-order valence-electron chi connectivity index (χ2n) is 7.23. The highest BCUT2D eigenvalue weighted by atomic mass is 16.2. The first-order valence-corrected chi connectivity index (χ1v) is 9.20. The normalized spacial score (nSPS) is 15.2. The van der Waals surface area contributed by atoms with Gasteiger partial charge in [0.2, 0.25) is 0 Å². The van der Waals surface area contributed by atoms with Gasteiger partial charge in [-0.1, -0.05) is 43.5 Å². The van der Waals surface area contributed by atoms with Gasteiger partial charge in [0.1, 0.15) is 0 Å². The number of nitrogen functional groups attached to an aromatic ring is 1. The molecular formula is C20H27N5O. The van der Waals surface area contributed by atoms with Crippen molar-refractivity contribution in [2.45, 2.75) is 44.7 Å². The summed E-state index contributed by atoms with van der Waals surface area (Å²) in [5.41, 5.74) is 8.93. The molecule has 26 heavy (non-hydrogen) atoms. The van der Waals surface area contributed by atoms with Crippen molar-refractivity contribution in [1.29, 1.82) is 0 Å². The van der Waals surface area contributed by atoms with Crippen LogP contribution in [0, 0.1) is 0 Å². The van der Waals surface area contributed by atoms with Crippen LogP contribution in [0.25, 0.3) is 11.3 Å². The Balaban J connectivity index is 1.77. The van der Waals surface area contributed by atoms with E-state index in [0.29, 0.717) is 5.69 Å². The summed E-state index contributed by atoms with van der Waals surface area (Å²) in [6.45, 7) is 0.878. The van der Waals surface area contributed by atoms with Crippen LogP contribution in [0.4, 0.5) is 5.82 Å². The van der Waals surface area contributed by atoms with Crippen LogP contribution in [0.5, 0.6) is 0 Å². The van der Waals surface area contributed by atoms with E-state index in [1.54, 1.807) is 6.20 Å². The average molecular weight is 353 g/mol. The molecule has 3 rings (SSSR count). The van der Waals surface area contributed by atoms with E-state index in [0.717, 1.165) is 37.8 Å². The first-order chi connectivity index (χ1) is 12.5. The van der Waals surface area contributed by atoms with Gasteiger partial charge in [-0.2, -0.15) is 0 Å². The van der Waals surface area contributed by atoms with Gasteiger partial charge >= 0.3 is 0 Å². The number of nitrogens with zero attached hydrogens (tertiary/aromatic N) is 3. The van der Waals surface area contributed by atoms with Crippen LogP contribution in [-0.2, 0) is 6.54 Å². The monoisotopic (exact) mass is 353 g/mol. The number of aromatic nitrogens is 2. The van der Waals surface area contributed by atoms with Crippen molar-refractivity contribution in [2.75, 3.05) is 19.8 Å². The van der Waals surface area contributed by atoms with E-state index in [2.05, 4.69) is 32.3 Å². The molecule has 1 aromatic carbocycles. The van der Waals surface area contributed by atoms with Gasteiger partial charge in [0, 0.05) is 18.2 Å². The molecule has 1 aliphatic carbocycles. The Labute approximate surface area is 154 Å². The van der Waals surface area contributed by atoms with Crippen molar-refractivity contribution < 1.29 is 4.79 Å². The minimum atomic E-state index is -0.229. The minimum absolute atomic E-state index is 0.172. The molecule has 6 heteroatoms. The predicted molar refractivity (Wildman–Crippen MR) is 104 cm³/mol. The van der Waals surface area contributed by atoms with Crippen molar-refractivity contribution in [3.63, 3.8) is 0 Å². The molecule has 0 saturated heterocycles. The molecular weight excluding hydrogens is 326 g/mol. The fraction of sp³-hybridized carbons (Fsp3) is 0.450. The molecule has 1 aromatic heterocycles. The standard InChI is InChI=1S/C20H27N5O/c1-25(2)13-14-8-10-15(11-9-14)17-12-22-19(21)18(24-17)20(26)23-16-6-4-3-5-7-16/h8-12,16H,3-7,13H2,1-2H3,(H2,21,22)(H,23,26). The Morgan fingerprint density at radius 1 is 1.19 bits per heavy atom. The van der Waals surface area contributed by atoms with Gasteiger partial charge in [0.15, 0.2) is 11.5 Å². The maximum absolute atomic E-state index is 12.6. The van der Waals surface area contributed by atoms with E-state index >= 15 is 0 Å². The minimum Gasteiger partial charge on any atom is -0.382 e. The number of carbonyl (C=O) groups is 1. The van der Waals surface area contributed by atoms with Crippen LogP contribution < -0.4 is 11.1 Å². The number of benzene rings is 1. The highest BCUT2D eigenvalue weighted by Gasteiger charge is 2.20. The zero-order valence-electron chi connectivity index (χ0n) is 15.5. The highest BCUT2D eigenvalue weighted by molar-refractivity contribution is 5.97. The number of nitrogens with two attached hydrogens (primary N) is 1. The number of carbonyl (C=O) groups excluding carboxylic acids is 1. The molecule has 6 nitrogen and oxygen atoms in total. The average Bonchev–Trinajstić information content (AvgIpc) is 2.63. The topological polar surface area (TPSA) is 84.1 Å². The molecule has 0 unspecified atom stereocenters. The molecule has 3 N–H and O–H groups in total. The van der Waals surface area contributed by atoms with Crippen molar-refractivity contribution >= 4 is 11.7 Å². The third-order valence-electron chi connectivity index (χ3n) is 4.70. The van der Waals surface area contributed by atoms with Gasteiger partial charge in [-0.15, -0.1) is 0 Å². The summed E-state index contributed by atoms with van der Waals surface area (Å²) in [4.78, 5) is 23.4. The lowest BCUT2D eigenvalue weighted by Gasteiger charge is -2.22. The molecule has 0 radical (unpaired) electrons. The summed E-state index contributed by atoms with van der Waals surface area (Å²) < 4.78 is 0. The molecule has 0 spiro atoms. The van der Waals surface area contributed by atoms with E-state index in [4.69, 9.17) is 5.73 Å². The number of hydrogen-bond donors (Lipinski definition) is 2. The summed E-state index contributed by atoms with van der Waals surface area (Å²) in [6, 6.07) is 8.35. The van der Waals surface area contributed by atoms with Gasteiger partial charge in [-0.25, -0.2) is 9.97 Å². The summed E-state index contributed by atoms with van der Waals surface area (Å²) in [6.07, 6.45) is 7.22. The summed E-state index contributed by atoms with van der Waals surface area (Å²) in [7, 11) is 4.08. The van der Waals surface area contributed by atoms with Gasteiger partial charge in [0.05, 0.1) is 11.9 Å². The number of anilines is 1. The highest BCUT2D eigenvalue weighted by Crippen LogP contribution is 2.21. The van der Waals surface area contributed by atoms with E-state index in [1.807, 2.05) is 26.2 Å². The Morgan fingerprint density at radius 2 is 1.88 bits per heavy atom. The van der Waals surface area contributed by atoms with Crippen LogP contribution in [0.2, 0.25) is 0 Å². The second kappa shape index (κ2) is 8.27. The second-order valence-corrected chi connectivity index (χ2v) is 7.23. The van der Waals surface area contributed by atoms with Crippen LogP contribution in [0.15, 0.2) is 30.5 Å². The third-order valence-corrected chi connectivity index (χ3v) is 4.70. The molecule has 1 amide bonds. The van der Waals surface area contributed by atoms with Crippen molar-refractivity contribution in [1.82, 2.24) is 20.2 Å². The fourth-order valence-electron chi connectivity index (χ4n) is 3.35. The number of nitrogens with one attached hydrogen (secondary N) is 1. The Bertz CT molecular complexity index is 751. The molecule has 0 atom stereocenters. The molecule has 2 aromatic rings. The fourth-order valence-corrected chi connectivity index (χ4v) is 3.35. The van der Waals surface area contributed by atoms with Gasteiger partial charge in [-0.3, -0.25) is 4.79 Å². The van der Waals surface area contributed by atoms with Gasteiger partial charge in [0.25, 0.3) is 5.91 Å². The van der Waals surface area contributed by atoms with Crippen LogP contribution in [0.1, 0.15) is 48.2 Å². The largest absolute Gasteiger partial charge is 0.382 e. The predicted octanol–water partition coefficient (Wildman–Crippen LogP) is 2.85. The zero-order valence-corrected chi connectivity index (χ0v) is 15.5. The quantitative estimate of drug-likeness (QED) is 0.863. The van der Waals surface area contributed by atoms with Gasteiger partial charge in [-0.05, 0) is 32.5 Å². The molecule has 1 heterocycles. The lowest BCUT2D eigenvalue weighted by molar-refractivity contribution is 0.0923. The van der Waals surface area contributed by atoms with Crippen molar-refractivity contribution in [3.05, 3.63) is 41.7 Å². The Kier molecular flexibility index (Phi) is 5.83. The van der Waals surface area contributed by atoms with Crippen LogP contribution in [0.3, 0.4) is 0 Å². The maximum Gasteiger partial charge on any atom is 0.273 e. The molecule has 138 valence electrons. The number of hydrogen-bond acceptors (Lipinski definition) is 5. The molecule has 1 saturated carbocycles. The first kappa shape index (κ1) is 18.3. The van der Waals surface area contributed by atoms with Crippen LogP contribution in [-0.4, -0.2) is 40.9 Å². The van der Waals surface area contributed by atoms with Gasteiger partial charge < -0.3 is 16.0 Å². The summed E-state index contributed by atoms with van der Waals surface area (Å²) >= 11 is 0. The van der Waals surface area contributed by atoms with E-state index in [1.165, 1.54) is 12.0 Å². The zero-order chi connectivity index (χ0) is 18.5. The molecule has 1 aliphatic rings.